The Kier molecular flexibility index (Phi) is 7.43. The average molecular weight is 499 g/mol. The molecule has 2 aromatic carbocycles. The Morgan fingerprint density at radius 1 is 1.03 bits per heavy atom. The number of amides is 1. The summed E-state index contributed by atoms with van der Waals surface area (Å²) >= 11 is 0. The molecule has 1 aliphatic heterocycles. The summed E-state index contributed by atoms with van der Waals surface area (Å²) in [4.78, 5) is 16.9. The lowest BCUT2D eigenvalue weighted by Gasteiger charge is -2.34. The van der Waals surface area contributed by atoms with Gasteiger partial charge in [0.1, 0.15) is 0 Å². The third kappa shape index (κ3) is 5.66. The fraction of sp³-hybridized carbons (Fsp3) is 0.391. The summed E-state index contributed by atoms with van der Waals surface area (Å²) in [6.45, 7) is 6.64. The molecule has 3 aromatic rings. The van der Waals surface area contributed by atoms with Crippen LogP contribution in [0.2, 0.25) is 0 Å². The van der Waals surface area contributed by atoms with Crippen molar-refractivity contribution in [2.75, 3.05) is 50.0 Å². The maximum Gasteiger partial charge on any atom is 0.250 e. The van der Waals surface area contributed by atoms with E-state index in [0.29, 0.717) is 37.8 Å². The molecule has 0 saturated carbocycles. The zero-order valence-electron chi connectivity index (χ0n) is 20.1. The highest BCUT2D eigenvalue weighted by Crippen LogP contribution is 2.20. The summed E-state index contributed by atoms with van der Waals surface area (Å²) in [6, 6.07) is 15.8. The monoisotopic (exact) mass is 498 g/mol. The predicted octanol–water partition coefficient (Wildman–Crippen LogP) is 1.45. The highest BCUT2D eigenvalue weighted by Gasteiger charge is 2.24. The quantitative estimate of drug-likeness (QED) is 0.496. The van der Waals surface area contributed by atoms with Crippen molar-refractivity contribution in [3.05, 3.63) is 54.6 Å². The van der Waals surface area contributed by atoms with Gasteiger partial charge in [-0.05, 0) is 60.7 Å². The number of benzene rings is 2. The first-order valence-electron chi connectivity index (χ1n) is 11.4. The number of nitrogens with zero attached hydrogens (tertiary/aromatic N) is 7. The SMILES string of the molecule is CC(C)N(C)S(=O)(=O)c1ccc(NC(=O)CN2CCN(c3nnnn3-c3ccccc3)CC2)cc1. The van der Waals surface area contributed by atoms with Crippen molar-refractivity contribution in [3.8, 4) is 5.69 Å². The second kappa shape index (κ2) is 10.5. The molecule has 1 N–H and O–H groups in total. The van der Waals surface area contributed by atoms with Gasteiger partial charge >= 0.3 is 0 Å². The first-order chi connectivity index (χ1) is 16.8. The van der Waals surface area contributed by atoms with E-state index in [9.17, 15) is 13.2 Å². The van der Waals surface area contributed by atoms with Crippen LogP contribution in [-0.4, -0.2) is 89.6 Å². The number of carbonyl (C=O) groups is 1. The van der Waals surface area contributed by atoms with Crippen molar-refractivity contribution >= 4 is 27.6 Å². The van der Waals surface area contributed by atoms with Crippen molar-refractivity contribution < 1.29 is 13.2 Å². The average Bonchev–Trinajstić information content (AvgIpc) is 3.35. The summed E-state index contributed by atoms with van der Waals surface area (Å²) in [7, 11) is -2.01. The second-order valence-corrected chi connectivity index (χ2v) is 10.7. The van der Waals surface area contributed by atoms with Gasteiger partial charge in [0, 0.05) is 45.0 Å². The van der Waals surface area contributed by atoms with Gasteiger partial charge in [0.25, 0.3) is 0 Å². The molecule has 186 valence electrons. The van der Waals surface area contributed by atoms with Crippen LogP contribution >= 0.6 is 0 Å². The minimum Gasteiger partial charge on any atom is -0.337 e. The lowest BCUT2D eigenvalue weighted by atomic mass is 10.3. The van der Waals surface area contributed by atoms with Crippen LogP contribution < -0.4 is 10.2 Å². The molecule has 1 aliphatic rings. The second-order valence-electron chi connectivity index (χ2n) is 8.68. The zero-order valence-corrected chi connectivity index (χ0v) is 20.9. The van der Waals surface area contributed by atoms with E-state index in [-0.39, 0.29) is 23.4 Å². The Morgan fingerprint density at radius 3 is 2.31 bits per heavy atom. The lowest BCUT2D eigenvalue weighted by molar-refractivity contribution is -0.117. The van der Waals surface area contributed by atoms with E-state index in [1.165, 1.54) is 16.4 Å². The highest BCUT2D eigenvalue weighted by molar-refractivity contribution is 7.89. The van der Waals surface area contributed by atoms with Gasteiger partial charge in [-0.25, -0.2) is 8.42 Å². The number of hydrogen-bond acceptors (Lipinski definition) is 8. The molecular weight excluding hydrogens is 468 g/mol. The van der Waals surface area contributed by atoms with E-state index in [1.807, 2.05) is 44.2 Å². The molecule has 1 saturated heterocycles. The molecule has 1 aromatic heterocycles. The summed E-state index contributed by atoms with van der Waals surface area (Å²) in [5.74, 6) is 0.529. The Labute approximate surface area is 205 Å². The van der Waals surface area contributed by atoms with Gasteiger partial charge in [-0.3, -0.25) is 9.69 Å². The minimum absolute atomic E-state index is 0.147. The minimum atomic E-state index is -3.56. The molecule has 2 heterocycles. The maximum atomic E-state index is 12.6. The van der Waals surface area contributed by atoms with Gasteiger partial charge < -0.3 is 10.2 Å². The zero-order chi connectivity index (χ0) is 25.0. The summed E-state index contributed by atoms with van der Waals surface area (Å²) < 4.78 is 28.2. The van der Waals surface area contributed by atoms with Crippen molar-refractivity contribution in [2.24, 2.45) is 0 Å². The predicted molar refractivity (Wildman–Crippen MR) is 133 cm³/mol. The molecule has 1 amide bonds. The molecule has 0 unspecified atom stereocenters. The normalized spacial score (nSPS) is 15.1. The molecule has 35 heavy (non-hydrogen) atoms. The Hall–Kier alpha value is -3.35. The molecule has 0 atom stereocenters. The van der Waals surface area contributed by atoms with E-state index in [0.717, 1.165) is 5.69 Å². The Morgan fingerprint density at radius 2 is 1.69 bits per heavy atom. The van der Waals surface area contributed by atoms with Gasteiger partial charge in [-0.1, -0.05) is 23.3 Å². The van der Waals surface area contributed by atoms with Crippen molar-refractivity contribution in [3.63, 3.8) is 0 Å². The standard InChI is InChI=1S/C23H30N8O3S/c1-18(2)28(3)35(33,34)21-11-9-19(10-12-21)24-22(32)17-29-13-15-30(16-14-29)23-25-26-27-31(23)20-7-5-4-6-8-20/h4-12,18H,13-17H2,1-3H3,(H,24,32). The number of hydrogen-bond donors (Lipinski definition) is 1. The molecule has 0 radical (unpaired) electrons. The van der Waals surface area contributed by atoms with Crippen molar-refractivity contribution in [1.82, 2.24) is 29.4 Å². The summed E-state index contributed by atoms with van der Waals surface area (Å²) in [5, 5.41) is 15.0. The van der Waals surface area contributed by atoms with Crippen LogP contribution in [0.5, 0.6) is 0 Å². The van der Waals surface area contributed by atoms with E-state index in [2.05, 4.69) is 30.6 Å². The molecule has 0 bridgehead atoms. The van der Waals surface area contributed by atoms with Gasteiger partial charge in [0.15, 0.2) is 0 Å². The van der Waals surface area contributed by atoms with Gasteiger partial charge in [-0.2, -0.15) is 8.99 Å². The van der Waals surface area contributed by atoms with Crippen LogP contribution in [0.4, 0.5) is 11.6 Å². The van der Waals surface area contributed by atoms with Gasteiger partial charge in [0.2, 0.25) is 21.9 Å². The third-order valence-electron chi connectivity index (χ3n) is 6.02. The van der Waals surface area contributed by atoms with Crippen LogP contribution in [0.15, 0.2) is 59.5 Å². The van der Waals surface area contributed by atoms with Gasteiger partial charge in [-0.15, -0.1) is 0 Å². The number of tetrazole rings is 1. The van der Waals surface area contributed by atoms with E-state index in [4.69, 9.17) is 0 Å². The Balaban J connectivity index is 1.30. The summed E-state index contributed by atoms with van der Waals surface area (Å²) in [6.07, 6.45) is 0. The van der Waals surface area contributed by atoms with Crippen LogP contribution in [0.25, 0.3) is 5.69 Å². The molecule has 12 heteroatoms. The highest BCUT2D eigenvalue weighted by atomic mass is 32.2. The fourth-order valence-corrected chi connectivity index (χ4v) is 5.15. The third-order valence-corrected chi connectivity index (χ3v) is 8.07. The molecule has 0 spiro atoms. The molecule has 0 aliphatic carbocycles. The van der Waals surface area contributed by atoms with E-state index >= 15 is 0 Å². The first-order valence-corrected chi connectivity index (χ1v) is 12.9. The largest absolute Gasteiger partial charge is 0.337 e. The number of anilines is 2. The topological polar surface area (TPSA) is 117 Å². The first kappa shape index (κ1) is 24.8. The number of piperazine rings is 1. The van der Waals surface area contributed by atoms with Gasteiger partial charge in [0.05, 0.1) is 17.1 Å². The van der Waals surface area contributed by atoms with Crippen molar-refractivity contribution in [2.45, 2.75) is 24.8 Å². The number of rotatable bonds is 8. The number of nitrogens with one attached hydrogen (secondary N) is 1. The number of para-hydroxylation sites is 1. The van der Waals surface area contributed by atoms with Crippen molar-refractivity contribution in [1.29, 1.82) is 0 Å². The molecule has 4 rings (SSSR count). The van der Waals surface area contributed by atoms with Crippen LogP contribution in [0.3, 0.4) is 0 Å². The maximum absolute atomic E-state index is 12.6. The Bertz CT molecular complexity index is 1240. The molecular formula is C23H30N8O3S. The van der Waals surface area contributed by atoms with Crippen LogP contribution in [0.1, 0.15) is 13.8 Å². The number of carbonyl (C=O) groups excluding carboxylic acids is 1. The molecule has 1 fully saturated rings. The number of sulfonamides is 1. The van der Waals surface area contributed by atoms with Crippen LogP contribution in [0, 0.1) is 0 Å². The van der Waals surface area contributed by atoms with E-state index in [1.54, 1.807) is 23.9 Å². The fourth-order valence-electron chi connectivity index (χ4n) is 3.78. The lowest BCUT2D eigenvalue weighted by Crippen LogP contribution is -2.49. The smallest absolute Gasteiger partial charge is 0.250 e. The van der Waals surface area contributed by atoms with Crippen LogP contribution in [-0.2, 0) is 14.8 Å². The molecule has 11 nitrogen and oxygen atoms in total. The number of aromatic nitrogens is 4. The van der Waals surface area contributed by atoms with E-state index < -0.39 is 10.0 Å². The summed E-state index contributed by atoms with van der Waals surface area (Å²) in [5.41, 5.74) is 1.45.